The molecule has 0 aliphatic rings. The molecule has 1 aromatic carbocycles. The van der Waals surface area contributed by atoms with Crippen LogP contribution in [0.4, 0.5) is 5.82 Å². The number of benzene rings is 1. The highest BCUT2D eigenvalue weighted by Crippen LogP contribution is 2.27. The normalized spacial score (nSPS) is 11.0. The molecule has 1 N–H and O–H groups in total. The lowest BCUT2D eigenvalue weighted by atomic mass is 10.1. The minimum Gasteiger partial charge on any atom is -0.366 e. The smallest absolute Gasteiger partial charge is 0.172 e. The average molecular weight is 415 g/mol. The highest BCUT2D eigenvalue weighted by Gasteiger charge is 2.11. The van der Waals surface area contributed by atoms with Crippen LogP contribution in [0.5, 0.6) is 0 Å². The predicted molar refractivity (Wildman–Crippen MR) is 103 cm³/mol. The molecule has 0 unspecified atom stereocenters. The van der Waals surface area contributed by atoms with Gasteiger partial charge in [-0.05, 0) is 39.7 Å². The summed E-state index contributed by atoms with van der Waals surface area (Å²) in [6.45, 7) is 0.643. The number of aromatic nitrogens is 4. The van der Waals surface area contributed by atoms with Crippen LogP contribution in [-0.4, -0.2) is 19.6 Å². The fourth-order valence-electron chi connectivity index (χ4n) is 2.53. The second kappa shape index (κ2) is 6.82. The highest BCUT2D eigenvalue weighted by molar-refractivity contribution is 9.10. The second-order valence-electron chi connectivity index (χ2n) is 5.48. The predicted octanol–water partition coefficient (Wildman–Crippen LogP) is 4.82. The van der Waals surface area contributed by atoms with Crippen molar-refractivity contribution in [2.75, 3.05) is 5.32 Å². The van der Waals surface area contributed by atoms with Gasteiger partial charge in [0, 0.05) is 35.6 Å². The third-order valence-electron chi connectivity index (χ3n) is 3.77. The van der Waals surface area contributed by atoms with Crippen molar-refractivity contribution >= 4 is 39.0 Å². The molecular formula is C18H13BrClN5. The lowest BCUT2D eigenvalue weighted by Crippen LogP contribution is -2.06. The zero-order chi connectivity index (χ0) is 17.2. The van der Waals surface area contributed by atoms with Gasteiger partial charge in [-0.3, -0.25) is 4.98 Å². The van der Waals surface area contributed by atoms with Crippen LogP contribution in [0.25, 0.3) is 16.9 Å². The number of hydrogen-bond donors (Lipinski definition) is 1. The molecule has 4 rings (SSSR count). The molecule has 0 aliphatic heterocycles. The Kier molecular flexibility index (Phi) is 4.38. The Bertz CT molecular complexity index is 1020. The quantitative estimate of drug-likeness (QED) is 0.520. The monoisotopic (exact) mass is 413 g/mol. The van der Waals surface area contributed by atoms with E-state index < -0.39 is 0 Å². The Morgan fingerprint density at radius 1 is 1.12 bits per heavy atom. The molecule has 124 valence electrons. The van der Waals surface area contributed by atoms with Crippen LogP contribution < -0.4 is 5.32 Å². The van der Waals surface area contributed by atoms with E-state index in [2.05, 4.69) is 31.3 Å². The number of pyridine rings is 1. The average Bonchev–Trinajstić information content (AvgIpc) is 3.02. The largest absolute Gasteiger partial charge is 0.366 e. The third kappa shape index (κ3) is 3.36. The molecule has 0 atom stereocenters. The number of nitrogens with zero attached hydrogens (tertiary/aromatic N) is 4. The summed E-state index contributed by atoms with van der Waals surface area (Å²) in [6, 6.07) is 13.5. The van der Waals surface area contributed by atoms with Gasteiger partial charge >= 0.3 is 0 Å². The first kappa shape index (κ1) is 16.1. The van der Waals surface area contributed by atoms with Gasteiger partial charge in [0.1, 0.15) is 5.82 Å². The Morgan fingerprint density at radius 2 is 1.96 bits per heavy atom. The first-order valence-corrected chi connectivity index (χ1v) is 8.81. The molecule has 7 heteroatoms. The molecule has 3 heterocycles. The number of rotatable bonds is 4. The molecule has 0 radical (unpaired) electrons. The van der Waals surface area contributed by atoms with E-state index in [4.69, 9.17) is 16.6 Å². The van der Waals surface area contributed by atoms with Crippen LogP contribution in [0, 0.1) is 0 Å². The molecule has 0 saturated heterocycles. The van der Waals surface area contributed by atoms with Gasteiger partial charge in [-0.1, -0.05) is 29.8 Å². The Labute approximate surface area is 157 Å². The van der Waals surface area contributed by atoms with Gasteiger partial charge in [0.15, 0.2) is 5.65 Å². The molecule has 0 amide bonds. The summed E-state index contributed by atoms with van der Waals surface area (Å²) in [4.78, 5) is 8.85. The molecule has 0 fully saturated rings. The molecule has 25 heavy (non-hydrogen) atoms. The van der Waals surface area contributed by atoms with Crippen molar-refractivity contribution in [3.8, 4) is 11.3 Å². The van der Waals surface area contributed by atoms with Crippen LogP contribution in [0.1, 0.15) is 5.56 Å². The molecule has 0 bridgehead atoms. The SMILES string of the molecule is Clc1ccc(-c2cc(NCc3cccnc3)n3ncc(Br)c3n2)cc1. The van der Waals surface area contributed by atoms with E-state index >= 15 is 0 Å². The zero-order valence-corrected chi connectivity index (χ0v) is 15.4. The van der Waals surface area contributed by atoms with E-state index in [9.17, 15) is 0 Å². The molecule has 3 aromatic heterocycles. The van der Waals surface area contributed by atoms with E-state index in [1.54, 1.807) is 16.9 Å². The van der Waals surface area contributed by atoms with Gasteiger partial charge in [-0.15, -0.1) is 0 Å². The number of hydrogen-bond acceptors (Lipinski definition) is 4. The summed E-state index contributed by atoms with van der Waals surface area (Å²) in [5.41, 5.74) is 3.68. The number of fused-ring (bicyclic) bond motifs is 1. The number of nitrogens with one attached hydrogen (secondary N) is 1. The van der Waals surface area contributed by atoms with Gasteiger partial charge in [0.25, 0.3) is 0 Å². The molecule has 4 aromatic rings. The van der Waals surface area contributed by atoms with Gasteiger partial charge in [0.2, 0.25) is 0 Å². The maximum atomic E-state index is 5.99. The summed E-state index contributed by atoms with van der Waals surface area (Å²) in [5.74, 6) is 0.851. The summed E-state index contributed by atoms with van der Waals surface area (Å²) >= 11 is 9.50. The van der Waals surface area contributed by atoms with Crippen LogP contribution in [0.3, 0.4) is 0 Å². The lowest BCUT2D eigenvalue weighted by Gasteiger charge is -2.11. The number of halogens is 2. The van der Waals surface area contributed by atoms with Gasteiger partial charge < -0.3 is 5.32 Å². The van der Waals surface area contributed by atoms with E-state index in [1.807, 2.05) is 48.7 Å². The Balaban J connectivity index is 1.75. The number of anilines is 1. The second-order valence-corrected chi connectivity index (χ2v) is 6.77. The van der Waals surface area contributed by atoms with Crippen molar-refractivity contribution < 1.29 is 0 Å². The standard InChI is InChI=1S/C18H13BrClN5/c19-15-11-23-25-17(22-10-12-2-1-7-21-9-12)8-16(24-18(15)25)13-3-5-14(20)6-4-13/h1-9,11,22H,10H2. The van der Waals surface area contributed by atoms with E-state index in [0.29, 0.717) is 11.6 Å². The molecule has 0 aliphatic carbocycles. The van der Waals surface area contributed by atoms with Crippen molar-refractivity contribution in [2.45, 2.75) is 6.54 Å². The van der Waals surface area contributed by atoms with E-state index in [-0.39, 0.29) is 0 Å². The van der Waals surface area contributed by atoms with Crippen LogP contribution in [-0.2, 0) is 6.54 Å². The minimum absolute atomic E-state index is 0.643. The summed E-state index contributed by atoms with van der Waals surface area (Å²) in [6.07, 6.45) is 5.34. The minimum atomic E-state index is 0.643. The summed E-state index contributed by atoms with van der Waals surface area (Å²) in [7, 11) is 0. The molecule has 5 nitrogen and oxygen atoms in total. The van der Waals surface area contributed by atoms with E-state index in [0.717, 1.165) is 32.8 Å². The van der Waals surface area contributed by atoms with Crippen molar-refractivity contribution in [1.82, 2.24) is 19.6 Å². The zero-order valence-electron chi connectivity index (χ0n) is 13.0. The van der Waals surface area contributed by atoms with Crippen LogP contribution >= 0.6 is 27.5 Å². The third-order valence-corrected chi connectivity index (χ3v) is 4.58. The lowest BCUT2D eigenvalue weighted by molar-refractivity contribution is 0.925. The molecule has 0 saturated carbocycles. The van der Waals surface area contributed by atoms with Crippen molar-refractivity contribution in [2.24, 2.45) is 0 Å². The van der Waals surface area contributed by atoms with Crippen molar-refractivity contribution in [3.63, 3.8) is 0 Å². The fourth-order valence-corrected chi connectivity index (χ4v) is 3.00. The van der Waals surface area contributed by atoms with Crippen LogP contribution in [0.15, 0.2) is 65.5 Å². The van der Waals surface area contributed by atoms with Gasteiger partial charge in [-0.25, -0.2) is 4.98 Å². The topological polar surface area (TPSA) is 55.1 Å². The van der Waals surface area contributed by atoms with Gasteiger partial charge in [0.05, 0.1) is 16.4 Å². The Hall–Kier alpha value is -2.44. The van der Waals surface area contributed by atoms with E-state index in [1.165, 1.54) is 0 Å². The fraction of sp³-hybridized carbons (Fsp3) is 0.0556. The first-order valence-electron chi connectivity index (χ1n) is 7.64. The highest BCUT2D eigenvalue weighted by atomic mass is 79.9. The molecule has 0 spiro atoms. The first-order chi connectivity index (χ1) is 12.2. The van der Waals surface area contributed by atoms with Crippen LogP contribution in [0.2, 0.25) is 5.02 Å². The van der Waals surface area contributed by atoms with Gasteiger partial charge in [-0.2, -0.15) is 9.61 Å². The summed E-state index contributed by atoms with van der Waals surface area (Å²) < 4.78 is 2.62. The summed E-state index contributed by atoms with van der Waals surface area (Å²) in [5, 5.41) is 8.50. The maximum Gasteiger partial charge on any atom is 0.172 e. The Morgan fingerprint density at radius 3 is 2.72 bits per heavy atom. The molecular weight excluding hydrogens is 402 g/mol. The maximum absolute atomic E-state index is 5.99. The van der Waals surface area contributed by atoms with Crippen molar-refractivity contribution in [1.29, 1.82) is 0 Å². The van der Waals surface area contributed by atoms with Crippen molar-refractivity contribution in [3.05, 3.63) is 76.1 Å².